The maximum atomic E-state index is 13.9. The summed E-state index contributed by atoms with van der Waals surface area (Å²) in [6.45, 7) is 0.0436. The minimum absolute atomic E-state index is 0.0436. The van der Waals surface area contributed by atoms with Gasteiger partial charge < -0.3 is 10.0 Å². The van der Waals surface area contributed by atoms with E-state index in [1.54, 1.807) is 24.3 Å². The lowest BCUT2D eigenvalue weighted by Gasteiger charge is -2.34. The highest BCUT2D eigenvalue weighted by Crippen LogP contribution is 2.26. The summed E-state index contributed by atoms with van der Waals surface area (Å²) in [6.07, 6.45) is 0.133. The first-order chi connectivity index (χ1) is 11.0. The maximum absolute atomic E-state index is 13.9. The molecule has 23 heavy (non-hydrogen) atoms. The van der Waals surface area contributed by atoms with E-state index in [2.05, 4.69) is 0 Å². The number of aliphatic carboxylic acids is 1. The van der Waals surface area contributed by atoms with Crippen LogP contribution in [0.1, 0.15) is 21.5 Å². The molecule has 1 unspecified atom stereocenters. The summed E-state index contributed by atoms with van der Waals surface area (Å²) in [6, 6.07) is 9.34. The summed E-state index contributed by atoms with van der Waals surface area (Å²) >= 11 is 0. The van der Waals surface area contributed by atoms with E-state index in [0.29, 0.717) is 0 Å². The van der Waals surface area contributed by atoms with Crippen molar-refractivity contribution in [2.45, 2.75) is 19.0 Å². The Morgan fingerprint density at radius 2 is 1.74 bits per heavy atom. The summed E-state index contributed by atoms with van der Waals surface area (Å²) in [5, 5.41) is 9.39. The van der Waals surface area contributed by atoms with Gasteiger partial charge in [-0.3, -0.25) is 4.79 Å². The van der Waals surface area contributed by atoms with E-state index in [9.17, 15) is 23.5 Å². The zero-order chi connectivity index (χ0) is 16.6. The Labute approximate surface area is 131 Å². The van der Waals surface area contributed by atoms with Gasteiger partial charge in [-0.2, -0.15) is 0 Å². The second-order valence-electron chi connectivity index (χ2n) is 5.36. The Hall–Kier alpha value is -2.76. The van der Waals surface area contributed by atoms with Crippen LogP contribution in [0.3, 0.4) is 0 Å². The van der Waals surface area contributed by atoms with Gasteiger partial charge in [-0.1, -0.05) is 30.3 Å². The van der Waals surface area contributed by atoms with Crippen LogP contribution < -0.4 is 0 Å². The third kappa shape index (κ3) is 2.67. The topological polar surface area (TPSA) is 57.6 Å². The number of amides is 1. The van der Waals surface area contributed by atoms with Crippen molar-refractivity contribution >= 4 is 11.9 Å². The van der Waals surface area contributed by atoms with Gasteiger partial charge in [0.05, 0.1) is 5.56 Å². The summed E-state index contributed by atoms with van der Waals surface area (Å²) in [4.78, 5) is 25.1. The number of carbonyl (C=O) groups is 2. The van der Waals surface area contributed by atoms with E-state index in [4.69, 9.17) is 0 Å². The van der Waals surface area contributed by atoms with Crippen molar-refractivity contribution < 1.29 is 23.5 Å². The van der Waals surface area contributed by atoms with Crippen molar-refractivity contribution in [3.8, 4) is 0 Å². The first-order valence-corrected chi connectivity index (χ1v) is 7.03. The monoisotopic (exact) mass is 317 g/mol. The number of hydrogen-bond donors (Lipinski definition) is 1. The number of halogens is 2. The Kier molecular flexibility index (Phi) is 3.82. The van der Waals surface area contributed by atoms with E-state index >= 15 is 0 Å². The molecule has 0 spiro atoms. The van der Waals surface area contributed by atoms with Crippen LogP contribution in [0.15, 0.2) is 42.5 Å². The standard InChI is InChI=1S/C17H13F2NO3/c18-13-7-3-6-12(15(13)19)16(21)20-9-11-5-2-1-4-10(11)8-14(20)17(22)23/h1-7,14H,8-9H2,(H,22,23). The molecule has 0 saturated carbocycles. The minimum atomic E-state index is -1.26. The van der Waals surface area contributed by atoms with E-state index in [1.807, 2.05) is 0 Å². The lowest BCUT2D eigenvalue weighted by Crippen LogP contribution is -2.48. The molecule has 1 amide bonds. The van der Waals surface area contributed by atoms with Crippen molar-refractivity contribution in [2.24, 2.45) is 0 Å². The molecule has 0 aliphatic carbocycles. The van der Waals surface area contributed by atoms with Crippen molar-refractivity contribution in [2.75, 3.05) is 0 Å². The number of benzene rings is 2. The third-order valence-corrected chi connectivity index (χ3v) is 3.98. The highest BCUT2D eigenvalue weighted by atomic mass is 19.2. The molecule has 6 heteroatoms. The molecule has 1 atom stereocenters. The average molecular weight is 317 g/mol. The van der Waals surface area contributed by atoms with Gasteiger partial charge in [-0.25, -0.2) is 13.6 Å². The smallest absolute Gasteiger partial charge is 0.326 e. The van der Waals surface area contributed by atoms with Crippen LogP contribution in [-0.2, 0) is 17.8 Å². The van der Waals surface area contributed by atoms with Gasteiger partial charge in [0.15, 0.2) is 11.6 Å². The number of carbonyl (C=O) groups excluding carboxylic acids is 1. The van der Waals surface area contributed by atoms with Crippen LogP contribution in [0.2, 0.25) is 0 Å². The fourth-order valence-corrected chi connectivity index (χ4v) is 2.78. The molecule has 118 valence electrons. The van der Waals surface area contributed by atoms with Gasteiger partial charge in [0.2, 0.25) is 0 Å². The van der Waals surface area contributed by atoms with E-state index in [-0.39, 0.29) is 13.0 Å². The predicted molar refractivity (Wildman–Crippen MR) is 77.8 cm³/mol. The molecular formula is C17H13F2NO3. The zero-order valence-corrected chi connectivity index (χ0v) is 12.0. The van der Waals surface area contributed by atoms with Crippen molar-refractivity contribution in [1.29, 1.82) is 0 Å². The fraction of sp³-hybridized carbons (Fsp3) is 0.176. The molecule has 2 aromatic carbocycles. The highest BCUT2D eigenvalue weighted by molar-refractivity contribution is 5.97. The van der Waals surface area contributed by atoms with Gasteiger partial charge in [0.1, 0.15) is 6.04 Å². The molecule has 4 nitrogen and oxygen atoms in total. The van der Waals surface area contributed by atoms with Crippen LogP contribution in [-0.4, -0.2) is 27.9 Å². The van der Waals surface area contributed by atoms with Crippen LogP contribution in [0.5, 0.6) is 0 Å². The van der Waals surface area contributed by atoms with Crippen molar-refractivity contribution in [1.82, 2.24) is 4.90 Å². The van der Waals surface area contributed by atoms with E-state index < -0.39 is 35.1 Å². The number of fused-ring (bicyclic) bond motifs is 1. The van der Waals surface area contributed by atoms with Crippen LogP contribution >= 0.6 is 0 Å². The van der Waals surface area contributed by atoms with Crippen LogP contribution in [0, 0.1) is 11.6 Å². The largest absolute Gasteiger partial charge is 0.480 e. The summed E-state index contributed by atoms with van der Waals surface area (Å²) < 4.78 is 27.2. The predicted octanol–water partition coefficient (Wildman–Crippen LogP) is 2.62. The average Bonchev–Trinajstić information content (AvgIpc) is 2.55. The second kappa shape index (κ2) is 5.79. The molecule has 0 saturated heterocycles. The molecule has 2 aromatic rings. The molecule has 0 aromatic heterocycles. The number of hydrogen-bond acceptors (Lipinski definition) is 2. The van der Waals surface area contributed by atoms with Crippen molar-refractivity contribution in [3.63, 3.8) is 0 Å². The van der Waals surface area contributed by atoms with Gasteiger partial charge in [0, 0.05) is 13.0 Å². The molecule has 0 fully saturated rings. The highest BCUT2D eigenvalue weighted by Gasteiger charge is 2.36. The van der Waals surface area contributed by atoms with Gasteiger partial charge in [0.25, 0.3) is 5.91 Å². The van der Waals surface area contributed by atoms with Gasteiger partial charge in [-0.05, 0) is 23.3 Å². The quantitative estimate of drug-likeness (QED) is 0.926. The summed E-state index contributed by atoms with van der Waals surface area (Å²) in [7, 11) is 0. The molecule has 3 rings (SSSR count). The fourth-order valence-electron chi connectivity index (χ4n) is 2.78. The first kappa shape index (κ1) is 15.1. The Morgan fingerprint density at radius 3 is 2.43 bits per heavy atom. The first-order valence-electron chi connectivity index (χ1n) is 7.03. The number of carboxylic acid groups (broad SMARTS) is 1. The molecule has 1 heterocycles. The third-order valence-electron chi connectivity index (χ3n) is 3.98. The number of carboxylic acids is 1. The van der Waals surface area contributed by atoms with Crippen LogP contribution in [0.4, 0.5) is 8.78 Å². The number of rotatable bonds is 2. The lowest BCUT2D eigenvalue weighted by molar-refractivity contribution is -0.142. The second-order valence-corrected chi connectivity index (χ2v) is 5.36. The SMILES string of the molecule is O=C(O)C1Cc2ccccc2CN1C(=O)c1cccc(F)c1F. The Morgan fingerprint density at radius 1 is 1.04 bits per heavy atom. The molecule has 1 aliphatic heterocycles. The number of nitrogens with zero attached hydrogens (tertiary/aromatic N) is 1. The normalized spacial score (nSPS) is 16.8. The van der Waals surface area contributed by atoms with Crippen LogP contribution in [0.25, 0.3) is 0 Å². The Balaban J connectivity index is 2.01. The minimum Gasteiger partial charge on any atom is -0.480 e. The molecule has 0 bridgehead atoms. The van der Waals surface area contributed by atoms with Crippen molar-refractivity contribution in [3.05, 3.63) is 70.8 Å². The molecule has 1 N–H and O–H groups in total. The summed E-state index contributed by atoms with van der Waals surface area (Å²) in [5.41, 5.74) is 1.18. The van der Waals surface area contributed by atoms with Gasteiger partial charge in [-0.15, -0.1) is 0 Å². The molecule has 0 radical (unpaired) electrons. The zero-order valence-electron chi connectivity index (χ0n) is 12.0. The molecular weight excluding hydrogens is 304 g/mol. The van der Waals surface area contributed by atoms with E-state index in [1.165, 1.54) is 6.07 Å². The maximum Gasteiger partial charge on any atom is 0.326 e. The van der Waals surface area contributed by atoms with E-state index in [0.717, 1.165) is 28.2 Å². The van der Waals surface area contributed by atoms with Gasteiger partial charge >= 0.3 is 5.97 Å². The lowest BCUT2D eigenvalue weighted by atomic mass is 9.93. The Bertz CT molecular complexity index is 791. The molecule has 1 aliphatic rings. The summed E-state index contributed by atoms with van der Waals surface area (Å²) in [5.74, 6) is -4.41.